The molecule has 0 aliphatic heterocycles. The third kappa shape index (κ3) is 4.07. The van der Waals surface area contributed by atoms with Gasteiger partial charge in [-0.1, -0.05) is 6.92 Å². The van der Waals surface area contributed by atoms with Crippen molar-refractivity contribution in [1.29, 1.82) is 0 Å². The molecule has 0 bridgehead atoms. The number of nitrogens with zero attached hydrogens (tertiary/aromatic N) is 1. The smallest absolute Gasteiger partial charge is 0.323 e. The highest BCUT2D eigenvalue weighted by Gasteiger charge is 2.28. The molecule has 0 saturated heterocycles. The van der Waals surface area contributed by atoms with Crippen molar-refractivity contribution >= 4 is 5.97 Å². The molecule has 0 aliphatic carbocycles. The molecule has 3 N–H and O–H groups in total. The normalized spacial score (nSPS) is 17.9. The van der Waals surface area contributed by atoms with Crippen LogP contribution >= 0.6 is 0 Å². The molecule has 14 heavy (non-hydrogen) atoms. The molecule has 0 amide bonds. The van der Waals surface area contributed by atoms with E-state index >= 15 is 0 Å². The van der Waals surface area contributed by atoms with E-state index in [0.717, 1.165) is 6.42 Å². The number of nitrogens with two attached hydrogens (primary N) is 1. The minimum absolute atomic E-state index is 0.472. The maximum atomic E-state index is 10.7. The van der Waals surface area contributed by atoms with Crippen LogP contribution in [0.4, 0.5) is 0 Å². The van der Waals surface area contributed by atoms with Gasteiger partial charge in [0.15, 0.2) is 0 Å². The summed E-state index contributed by atoms with van der Waals surface area (Å²) in [6, 6.07) is 0.472. The van der Waals surface area contributed by atoms with Crippen molar-refractivity contribution in [1.82, 2.24) is 4.90 Å². The molecule has 0 spiro atoms. The Morgan fingerprint density at radius 3 is 2.50 bits per heavy atom. The SMILES string of the molecule is CCC(C)N(C)CCC(C)(N)C(=O)O. The standard InChI is InChI=1S/C10H22N2O2/c1-5-8(2)12(4)7-6-10(3,11)9(13)14/h8H,5-7,11H2,1-4H3,(H,13,14). The molecule has 0 rings (SSSR count). The van der Waals surface area contributed by atoms with Gasteiger partial charge in [-0.15, -0.1) is 0 Å². The van der Waals surface area contributed by atoms with E-state index in [-0.39, 0.29) is 0 Å². The minimum Gasteiger partial charge on any atom is -0.480 e. The maximum Gasteiger partial charge on any atom is 0.323 e. The molecular weight excluding hydrogens is 180 g/mol. The van der Waals surface area contributed by atoms with E-state index in [1.54, 1.807) is 6.92 Å². The van der Waals surface area contributed by atoms with E-state index in [2.05, 4.69) is 18.7 Å². The van der Waals surface area contributed by atoms with Crippen LogP contribution in [0.25, 0.3) is 0 Å². The topological polar surface area (TPSA) is 66.6 Å². The first kappa shape index (κ1) is 13.4. The Hall–Kier alpha value is -0.610. The molecule has 4 heteroatoms. The Kier molecular flexibility index (Phi) is 5.08. The van der Waals surface area contributed by atoms with Crippen molar-refractivity contribution in [3.63, 3.8) is 0 Å². The Balaban J connectivity index is 3.99. The number of aliphatic carboxylic acids is 1. The number of carboxylic acids is 1. The summed E-state index contributed by atoms with van der Waals surface area (Å²) < 4.78 is 0. The lowest BCUT2D eigenvalue weighted by molar-refractivity contribution is -0.143. The summed E-state index contributed by atoms with van der Waals surface area (Å²) in [6.45, 7) is 6.50. The van der Waals surface area contributed by atoms with Crippen molar-refractivity contribution in [2.45, 2.75) is 45.2 Å². The zero-order chi connectivity index (χ0) is 11.4. The summed E-state index contributed by atoms with van der Waals surface area (Å²) in [5, 5.41) is 8.81. The second kappa shape index (κ2) is 5.32. The van der Waals surface area contributed by atoms with E-state index in [0.29, 0.717) is 19.0 Å². The van der Waals surface area contributed by atoms with E-state index in [4.69, 9.17) is 10.8 Å². The largest absolute Gasteiger partial charge is 0.480 e. The van der Waals surface area contributed by atoms with Gasteiger partial charge in [-0.2, -0.15) is 0 Å². The highest BCUT2D eigenvalue weighted by atomic mass is 16.4. The van der Waals surface area contributed by atoms with Crippen LogP contribution in [0.15, 0.2) is 0 Å². The Bertz CT molecular complexity index is 193. The Morgan fingerprint density at radius 1 is 1.64 bits per heavy atom. The number of carbonyl (C=O) groups is 1. The molecular formula is C10H22N2O2. The molecule has 0 heterocycles. The first-order chi connectivity index (χ1) is 6.31. The van der Waals surface area contributed by atoms with Crippen LogP contribution in [0.3, 0.4) is 0 Å². The lowest BCUT2D eigenvalue weighted by Gasteiger charge is -2.27. The molecule has 4 nitrogen and oxygen atoms in total. The molecule has 2 atom stereocenters. The first-order valence-corrected chi connectivity index (χ1v) is 5.03. The summed E-state index contributed by atoms with van der Waals surface area (Å²) >= 11 is 0. The number of carboxylic acid groups (broad SMARTS) is 1. The quantitative estimate of drug-likeness (QED) is 0.672. The second-order valence-corrected chi connectivity index (χ2v) is 4.21. The molecule has 0 fully saturated rings. The molecule has 0 radical (unpaired) electrons. The average molecular weight is 202 g/mol. The van der Waals surface area contributed by atoms with E-state index in [1.165, 1.54) is 0 Å². The zero-order valence-electron chi connectivity index (χ0n) is 9.58. The predicted molar refractivity (Wildman–Crippen MR) is 57.2 cm³/mol. The van der Waals surface area contributed by atoms with Gasteiger partial charge in [0.1, 0.15) is 5.54 Å². The third-order valence-electron chi connectivity index (χ3n) is 2.82. The summed E-state index contributed by atoms with van der Waals surface area (Å²) in [5.41, 5.74) is 4.51. The first-order valence-electron chi connectivity index (χ1n) is 5.03. The summed E-state index contributed by atoms with van der Waals surface area (Å²) in [5.74, 6) is -0.935. The van der Waals surface area contributed by atoms with Crippen molar-refractivity contribution in [3.05, 3.63) is 0 Å². The van der Waals surface area contributed by atoms with Crippen LogP contribution in [-0.2, 0) is 4.79 Å². The Labute approximate surface area is 86.1 Å². The summed E-state index contributed by atoms with van der Waals surface area (Å²) in [7, 11) is 1.99. The lowest BCUT2D eigenvalue weighted by Crippen LogP contribution is -2.47. The van der Waals surface area contributed by atoms with E-state index in [1.807, 2.05) is 7.05 Å². The summed E-state index contributed by atoms with van der Waals surface area (Å²) in [4.78, 5) is 12.9. The predicted octanol–water partition coefficient (Wildman–Crippen LogP) is 0.909. The van der Waals surface area contributed by atoms with Crippen LogP contribution in [0.5, 0.6) is 0 Å². The molecule has 0 aliphatic rings. The van der Waals surface area contributed by atoms with Crippen LogP contribution < -0.4 is 5.73 Å². The molecule has 0 aromatic carbocycles. The highest BCUT2D eigenvalue weighted by molar-refractivity contribution is 5.77. The fourth-order valence-corrected chi connectivity index (χ4v) is 1.05. The van der Waals surface area contributed by atoms with Crippen molar-refractivity contribution < 1.29 is 9.90 Å². The zero-order valence-corrected chi connectivity index (χ0v) is 9.58. The third-order valence-corrected chi connectivity index (χ3v) is 2.82. The van der Waals surface area contributed by atoms with Crippen LogP contribution in [0.1, 0.15) is 33.6 Å². The van der Waals surface area contributed by atoms with Crippen LogP contribution in [-0.4, -0.2) is 41.1 Å². The Morgan fingerprint density at radius 2 is 2.14 bits per heavy atom. The van der Waals surface area contributed by atoms with Gasteiger partial charge in [0.25, 0.3) is 0 Å². The van der Waals surface area contributed by atoms with E-state index in [9.17, 15) is 4.79 Å². The monoisotopic (exact) mass is 202 g/mol. The minimum atomic E-state index is -1.11. The average Bonchev–Trinajstić information content (AvgIpc) is 2.12. The number of rotatable bonds is 6. The van der Waals surface area contributed by atoms with Gasteiger partial charge in [0.2, 0.25) is 0 Å². The van der Waals surface area contributed by atoms with Crippen LogP contribution in [0, 0.1) is 0 Å². The van der Waals surface area contributed by atoms with Crippen LogP contribution in [0.2, 0.25) is 0 Å². The summed E-state index contributed by atoms with van der Waals surface area (Å²) in [6.07, 6.45) is 1.54. The lowest BCUT2D eigenvalue weighted by atomic mass is 9.99. The molecule has 0 saturated carbocycles. The van der Waals surface area contributed by atoms with Gasteiger partial charge in [-0.05, 0) is 33.7 Å². The second-order valence-electron chi connectivity index (χ2n) is 4.21. The van der Waals surface area contributed by atoms with Gasteiger partial charge in [-0.3, -0.25) is 4.79 Å². The fourth-order valence-electron chi connectivity index (χ4n) is 1.05. The van der Waals surface area contributed by atoms with Gasteiger partial charge in [0.05, 0.1) is 0 Å². The van der Waals surface area contributed by atoms with Gasteiger partial charge in [0, 0.05) is 12.6 Å². The van der Waals surface area contributed by atoms with Crippen molar-refractivity contribution in [3.8, 4) is 0 Å². The molecule has 0 aromatic heterocycles. The van der Waals surface area contributed by atoms with Gasteiger partial charge in [-0.25, -0.2) is 0 Å². The molecule has 2 unspecified atom stereocenters. The molecule has 0 aromatic rings. The molecule has 84 valence electrons. The van der Waals surface area contributed by atoms with Crippen molar-refractivity contribution in [2.24, 2.45) is 5.73 Å². The number of hydrogen-bond acceptors (Lipinski definition) is 3. The maximum absolute atomic E-state index is 10.7. The fraction of sp³-hybridized carbons (Fsp3) is 0.900. The van der Waals surface area contributed by atoms with E-state index < -0.39 is 11.5 Å². The highest BCUT2D eigenvalue weighted by Crippen LogP contribution is 2.09. The number of hydrogen-bond donors (Lipinski definition) is 2. The van der Waals surface area contributed by atoms with Gasteiger partial charge < -0.3 is 15.7 Å². The van der Waals surface area contributed by atoms with Crippen molar-refractivity contribution in [2.75, 3.05) is 13.6 Å². The van der Waals surface area contributed by atoms with Gasteiger partial charge >= 0.3 is 5.97 Å².